The fourth-order valence-corrected chi connectivity index (χ4v) is 4.75. The lowest BCUT2D eigenvalue weighted by Gasteiger charge is -2.31. The third-order valence-electron chi connectivity index (χ3n) is 7.06. The molecule has 0 saturated heterocycles. The van der Waals surface area contributed by atoms with E-state index in [1.165, 1.54) is 6.92 Å². The predicted molar refractivity (Wildman–Crippen MR) is 204 cm³/mol. The first-order valence-electron chi connectivity index (χ1n) is 18.2. The number of carbonyl (C=O) groups excluding carboxylic acids is 6. The van der Waals surface area contributed by atoms with Gasteiger partial charge in [0.05, 0.1) is 18.2 Å². The number of carbonyl (C=O) groups is 7. The van der Waals surface area contributed by atoms with Crippen molar-refractivity contribution in [3.63, 3.8) is 0 Å². The molecule has 0 heterocycles. The molecular formula is C37H61N7O12. The van der Waals surface area contributed by atoms with E-state index in [4.69, 9.17) is 24.7 Å². The van der Waals surface area contributed by atoms with Gasteiger partial charge in [-0.15, -0.1) is 0 Å². The third-order valence-corrected chi connectivity index (χ3v) is 7.06. The van der Waals surface area contributed by atoms with Crippen LogP contribution in [0.3, 0.4) is 0 Å². The van der Waals surface area contributed by atoms with Gasteiger partial charge in [0.2, 0.25) is 17.7 Å². The first kappa shape index (κ1) is 48.8. The van der Waals surface area contributed by atoms with Gasteiger partial charge in [0.15, 0.2) is 0 Å². The van der Waals surface area contributed by atoms with Gasteiger partial charge in [0, 0.05) is 6.54 Å². The lowest BCUT2D eigenvalue weighted by molar-refractivity contribution is -0.142. The van der Waals surface area contributed by atoms with E-state index in [0.717, 1.165) is 0 Å². The fourth-order valence-electron chi connectivity index (χ4n) is 4.75. The molecule has 0 spiro atoms. The molecule has 19 nitrogen and oxygen atoms in total. The molecule has 6 amide bonds. The summed E-state index contributed by atoms with van der Waals surface area (Å²) in [6, 6.07) is 2.91. The molecule has 1 aromatic carbocycles. The second kappa shape index (κ2) is 22.4. The lowest BCUT2D eigenvalue weighted by Crippen LogP contribution is -2.62. The molecule has 1 aromatic rings. The van der Waals surface area contributed by atoms with Crippen molar-refractivity contribution in [1.29, 1.82) is 0 Å². The van der Waals surface area contributed by atoms with Crippen LogP contribution >= 0.6 is 0 Å². The number of hydrogen-bond acceptors (Lipinski definition) is 12. The summed E-state index contributed by atoms with van der Waals surface area (Å²) < 4.78 is 21.7. The van der Waals surface area contributed by atoms with Gasteiger partial charge in [-0.05, 0) is 94.2 Å². The maximum absolute atomic E-state index is 13.9. The molecule has 0 aliphatic carbocycles. The molecule has 0 radical (unpaired) electrons. The Morgan fingerprint density at radius 3 is 1.70 bits per heavy atom. The van der Waals surface area contributed by atoms with Crippen molar-refractivity contribution in [1.82, 2.24) is 31.9 Å². The summed E-state index contributed by atoms with van der Waals surface area (Å²) in [4.78, 5) is 90.5. The van der Waals surface area contributed by atoms with Crippen LogP contribution in [0.4, 0.5) is 14.4 Å². The van der Waals surface area contributed by atoms with Crippen molar-refractivity contribution in [3.05, 3.63) is 35.9 Å². The number of nitrogens with two attached hydrogens (primary N) is 1. The topological polar surface area (TPSA) is 275 Å². The monoisotopic (exact) mass is 795 g/mol. The van der Waals surface area contributed by atoms with Gasteiger partial charge in [-0.1, -0.05) is 30.3 Å². The van der Waals surface area contributed by atoms with Crippen molar-refractivity contribution in [2.45, 2.75) is 136 Å². The fraction of sp³-hybridized carbons (Fsp3) is 0.649. The Morgan fingerprint density at radius 2 is 1.18 bits per heavy atom. The summed E-state index contributed by atoms with van der Waals surface area (Å²) >= 11 is 0. The number of carboxylic acid groups (broad SMARTS) is 1. The molecule has 0 aromatic heterocycles. The van der Waals surface area contributed by atoms with E-state index < -0.39 is 95.6 Å². The van der Waals surface area contributed by atoms with E-state index in [0.29, 0.717) is 5.56 Å². The number of amides is 6. The lowest BCUT2D eigenvalue weighted by atomic mass is 10.1. The van der Waals surface area contributed by atoms with E-state index >= 15 is 0 Å². The van der Waals surface area contributed by atoms with Gasteiger partial charge in [0.25, 0.3) is 0 Å². The van der Waals surface area contributed by atoms with E-state index in [1.54, 1.807) is 92.6 Å². The highest BCUT2D eigenvalue weighted by molar-refractivity contribution is 5.95. The molecule has 0 aliphatic heterocycles. The van der Waals surface area contributed by atoms with Crippen LogP contribution in [0.15, 0.2) is 30.3 Å². The standard InChI is InChI=1S/C37H61N7O12/c1-22(54-35(2,3)4)27(44-34(52)53-21-23-14-12-11-13-15-23)30(47)43-26(20-40-33(51)56-37(8,9)10)29(46)41-24(16-18-38)28(45)42-25(31(48)49)17-19-39-32(50)55-36(5,6)7/h11-15,22,24-27H,16-21,38H2,1-10H3,(H,39,50)(H,40,51)(H,41,46)(H,42,45)(H,43,47)(H,44,52)(H,48,49)/t22-,24+,25+,26+,27+/m1/s1. The van der Waals surface area contributed by atoms with Crippen LogP contribution in [-0.4, -0.2) is 114 Å². The van der Waals surface area contributed by atoms with Gasteiger partial charge in [-0.2, -0.15) is 0 Å². The zero-order valence-corrected chi connectivity index (χ0v) is 34.0. The second-order valence-electron chi connectivity index (χ2n) is 15.8. The number of benzene rings is 1. The highest BCUT2D eigenvalue weighted by Crippen LogP contribution is 2.14. The van der Waals surface area contributed by atoms with Crippen LogP contribution in [0.2, 0.25) is 0 Å². The molecule has 5 atom stereocenters. The van der Waals surface area contributed by atoms with Gasteiger partial charge in [-0.3, -0.25) is 14.4 Å². The minimum Gasteiger partial charge on any atom is -0.480 e. The van der Waals surface area contributed by atoms with Gasteiger partial charge in [-0.25, -0.2) is 19.2 Å². The zero-order chi connectivity index (χ0) is 42.9. The Labute approximate surface area is 328 Å². The first-order valence-corrected chi connectivity index (χ1v) is 18.2. The van der Waals surface area contributed by atoms with Gasteiger partial charge < -0.3 is 61.7 Å². The molecule has 56 heavy (non-hydrogen) atoms. The highest BCUT2D eigenvalue weighted by atomic mass is 16.6. The predicted octanol–water partition coefficient (Wildman–Crippen LogP) is 1.81. The molecular weight excluding hydrogens is 734 g/mol. The van der Waals surface area contributed by atoms with Crippen molar-refractivity contribution in [2.75, 3.05) is 19.6 Å². The Hall–Kier alpha value is -5.17. The first-order chi connectivity index (χ1) is 25.8. The van der Waals surface area contributed by atoms with Crippen LogP contribution in [0.1, 0.15) is 87.6 Å². The van der Waals surface area contributed by atoms with Crippen molar-refractivity contribution < 1.29 is 57.6 Å². The number of aliphatic carboxylic acids is 1. The summed E-state index contributed by atoms with van der Waals surface area (Å²) in [7, 11) is 0. The van der Waals surface area contributed by atoms with Crippen molar-refractivity contribution in [3.8, 4) is 0 Å². The smallest absolute Gasteiger partial charge is 0.408 e. The largest absolute Gasteiger partial charge is 0.480 e. The molecule has 9 N–H and O–H groups in total. The summed E-state index contributed by atoms with van der Waals surface area (Å²) in [5.74, 6) is -4.23. The summed E-state index contributed by atoms with van der Waals surface area (Å²) in [5, 5.41) is 24.4. The van der Waals surface area contributed by atoms with Crippen LogP contribution < -0.4 is 37.6 Å². The Morgan fingerprint density at radius 1 is 0.661 bits per heavy atom. The van der Waals surface area contributed by atoms with E-state index in [2.05, 4.69) is 31.9 Å². The zero-order valence-electron chi connectivity index (χ0n) is 34.0. The highest BCUT2D eigenvalue weighted by Gasteiger charge is 2.35. The Bertz CT molecular complexity index is 1470. The average molecular weight is 796 g/mol. The minimum atomic E-state index is -1.58. The average Bonchev–Trinajstić information content (AvgIpc) is 3.05. The summed E-state index contributed by atoms with van der Waals surface area (Å²) in [6.45, 7) is 15.6. The number of carboxylic acids is 1. The Kier molecular flexibility index (Phi) is 19.5. The van der Waals surface area contributed by atoms with Crippen molar-refractivity contribution >= 4 is 42.0 Å². The van der Waals surface area contributed by atoms with Crippen LogP contribution in [0.25, 0.3) is 0 Å². The molecule has 19 heteroatoms. The Balaban J connectivity index is 3.28. The van der Waals surface area contributed by atoms with Crippen molar-refractivity contribution in [2.24, 2.45) is 5.73 Å². The number of hydrogen-bond donors (Lipinski definition) is 8. The summed E-state index contributed by atoms with van der Waals surface area (Å²) in [5.41, 5.74) is 3.94. The van der Waals surface area contributed by atoms with Crippen LogP contribution in [0, 0.1) is 0 Å². The molecule has 0 saturated carbocycles. The minimum absolute atomic E-state index is 0.103. The van der Waals surface area contributed by atoms with E-state index in [-0.39, 0.29) is 32.5 Å². The van der Waals surface area contributed by atoms with E-state index in [1.807, 2.05) is 0 Å². The SMILES string of the molecule is C[C@@H](OC(C)(C)C)[C@H](NC(=O)OCc1ccccc1)C(=O)N[C@@H](CNC(=O)OC(C)(C)C)C(=O)N[C@@H](CCN)C(=O)N[C@@H](CCNC(=O)OC(C)(C)C)C(=O)O. The maximum atomic E-state index is 13.9. The number of alkyl carbamates (subject to hydrolysis) is 3. The molecule has 0 aliphatic rings. The molecule has 1 rings (SSSR count). The quantitative estimate of drug-likeness (QED) is 0.0930. The van der Waals surface area contributed by atoms with Gasteiger partial charge in [0.1, 0.15) is 42.0 Å². The molecule has 0 unspecified atom stereocenters. The van der Waals surface area contributed by atoms with E-state index in [9.17, 15) is 38.7 Å². The molecule has 0 fully saturated rings. The number of rotatable bonds is 19. The molecule has 0 bridgehead atoms. The number of ether oxygens (including phenoxy) is 4. The number of nitrogens with one attached hydrogen (secondary N) is 6. The second-order valence-corrected chi connectivity index (χ2v) is 15.8. The normalized spacial score (nSPS) is 14.3. The maximum Gasteiger partial charge on any atom is 0.408 e. The van der Waals surface area contributed by atoms with Gasteiger partial charge >= 0.3 is 24.2 Å². The third kappa shape index (κ3) is 21.1. The van der Waals surface area contributed by atoms with Crippen LogP contribution in [-0.2, 0) is 44.7 Å². The molecule has 316 valence electrons. The van der Waals surface area contributed by atoms with Crippen LogP contribution in [0.5, 0.6) is 0 Å². The summed E-state index contributed by atoms with van der Waals surface area (Å²) in [6.07, 6.45) is -4.04.